The number of aromatic nitrogens is 2. The van der Waals surface area contributed by atoms with Gasteiger partial charge in [-0.3, -0.25) is 14.7 Å². The molecule has 0 saturated heterocycles. The number of nitrogens with zero attached hydrogens (tertiary/aromatic N) is 1. The van der Waals surface area contributed by atoms with Crippen LogP contribution < -0.4 is 5.56 Å². The van der Waals surface area contributed by atoms with Crippen LogP contribution in [0.4, 0.5) is 4.39 Å². The van der Waals surface area contributed by atoms with E-state index < -0.39 is 0 Å². The standard InChI is InChI=1S/C16H13FN2O2.CH2O2/c1-10-2-5-12(8-14(10)17)19-16(21)9-15(18-19)11-3-6-13(20)7-4-11;2-1-3/h2-9,18,20H,1H3;1H,(H,2,3). The summed E-state index contributed by atoms with van der Waals surface area (Å²) in [7, 11) is 0. The van der Waals surface area contributed by atoms with E-state index in [0.717, 1.165) is 5.56 Å². The van der Waals surface area contributed by atoms with Crippen molar-refractivity contribution in [3.8, 4) is 22.7 Å². The Kier molecular flexibility index (Phi) is 5.16. The molecule has 1 heterocycles. The fraction of sp³-hybridized carbons (Fsp3) is 0.0588. The van der Waals surface area contributed by atoms with E-state index >= 15 is 0 Å². The number of aromatic hydroxyl groups is 1. The molecular formula is C17H15FN2O4. The van der Waals surface area contributed by atoms with Crippen molar-refractivity contribution >= 4 is 6.47 Å². The van der Waals surface area contributed by atoms with Gasteiger partial charge in [0.25, 0.3) is 12.0 Å². The summed E-state index contributed by atoms with van der Waals surface area (Å²) in [6.45, 7) is 1.42. The number of carbonyl (C=O) groups is 1. The van der Waals surface area contributed by atoms with Crippen LogP contribution in [0.5, 0.6) is 5.75 Å². The number of aromatic amines is 1. The lowest BCUT2D eigenvalue weighted by molar-refractivity contribution is -0.122. The summed E-state index contributed by atoms with van der Waals surface area (Å²) in [4.78, 5) is 20.4. The maximum Gasteiger partial charge on any atom is 0.290 e. The molecule has 0 spiro atoms. The van der Waals surface area contributed by atoms with Gasteiger partial charge in [-0.1, -0.05) is 6.07 Å². The predicted molar refractivity (Wildman–Crippen MR) is 86.9 cm³/mol. The van der Waals surface area contributed by atoms with E-state index in [1.165, 1.54) is 28.9 Å². The Balaban J connectivity index is 0.000000647. The van der Waals surface area contributed by atoms with E-state index in [4.69, 9.17) is 9.90 Å². The van der Waals surface area contributed by atoms with Crippen LogP contribution in [-0.4, -0.2) is 26.5 Å². The molecule has 3 N–H and O–H groups in total. The molecule has 0 aliphatic carbocycles. The first-order valence-electron chi connectivity index (χ1n) is 6.92. The fourth-order valence-corrected chi connectivity index (χ4v) is 2.10. The predicted octanol–water partition coefficient (Wildman–Crippen LogP) is 2.69. The molecule has 24 heavy (non-hydrogen) atoms. The molecule has 2 aromatic carbocycles. The molecule has 7 heteroatoms. The van der Waals surface area contributed by atoms with Crippen LogP contribution in [0.25, 0.3) is 16.9 Å². The van der Waals surface area contributed by atoms with Crippen LogP contribution >= 0.6 is 0 Å². The van der Waals surface area contributed by atoms with Crippen molar-refractivity contribution in [3.63, 3.8) is 0 Å². The second kappa shape index (κ2) is 7.28. The third kappa shape index (κ3) is 3.70. The summed E-state index contributed by atoms with van der Waals surface area (Å²) >= 11 is 0. The quantitative estimate of drug-likeness (QED) is 0.630. The highest BCUT2D eigenvalue weighted by atomic mass is 19.1. The van der Waals surface area contributed by atoms with Crippen LogP contribution in [0.15, 0.2) is 53.3 Å². The molecule has 0 unspecified atom stereocenters. The molecule has 0 atom stereocenters. The zero-order valence-electron chi connectivity index (χ0n) is 12.7. The van der Waals surface area contributed by atoms with Crippen molar-refractivity contribution in [2.75, 3.05) is 0 Å². The minimum atomic E-state index is -0.361. The third-order valence-corrected chi connectivity index (χ3v) is 3.31. The van der Waals surface area contributed by atoms with E-state index in [0.29, 0.717) is 16.9 Å². The van der Waals surface area contributed by atoms with Crippen molar-refractivity contribution in [2.45, 2.75) is 6.92 Å². The lowest BCUT2D eigenvalue weighted by atomic mass is 10.1. The van der Waals surface area contributed by atoms with Gasteiger partial charge in [0.1, 0.15) is 11.6 Å². The molecule has 0 saturated carbocycles. The van der Waals surface area contributed by atoms with Crippen molar-refractivity contribution in [1.29, 1.82) is 0 Å². The van der Waals surface area contributed by atoms with E-state index in [-0.39, 0.29) is 23.6 Å². The monoisotopic (exact) mass is 330 g/mol. The van der Waals surface area contributed by atoms with Gasteiger partial charge in [-0.15, -0.1) is 0 Å². The lowest BCUT2D eigenvalue weighted by Crippen LogP contribution is -2.13. The van der Waals surface area contributed by atoms with Crippen LogP contribution in [0.1, 0.15) is 5.56 Å². The molecule has 0 aliphatic rings. The smallest absolute Gasteiger partial charge is 0.290 e. The van der Waals surface area contributed by atoms with Gasteiger partial charge < -0.3 is 10.2 Å². The molecule has 3 rings (SSSR count). The highest BCUT2D eigenvalue weighted by molar-refractivity contribution is 5.60. The number of aryl methyl sites for hydroxylation is 1. The van der Waals surface area contributed by atoms with Crippen molar-refractivity contribution in [2.24, 2.45) is 0 Å². The summed E-state index contributed by atoms with van der Waals surface area (Å²) in [5.74, 6) is -0.207. The normalized spacial score (nSPS) is 9.92. The Morgan fingerprint density at radius 1 is 1.12 bits per heavy atom. The molecule has 3 aromatic rings. The van der Waals surface area contributed by atoms with E-state index in [1.54, 1.807) is 31.2 Å². The van der Waals surface area contributed by atoms with Gasteiger partial charge in [-0.2, -0.15) is 0 Å². The van der Waals surface area contributed by atoms with Gasteiger partial charge in [0.05, 0.1) is 11.4 Å². The first kappa shape index (κ1) is 17.0. The summed E-state index contributed by atoms with van der Waals surface area (Å²) in [5.41, 5.74) is 2.05. The maximum atomic E-state index is 13.6. The number of H-pyrrole nitrogens is 1. The Morgan fingerprint density at radius 3 is 2.33 bits per heavy atom. The lowest BCUT2D eigenvalue weighted by Gasteiger charge is -2.04. The summed E-state index contributed by atoms with van der Waals surface area (Å²) < 4.78 is 14.9. The zero-order chi connectivity index (χ0) is 17.7. The Morgan fingerprint density at radius 2 is 1.75 bits per heavy atom. The van der Waals surface area contributed by atoms with Crippen LogP contribution in [0.2, 0.25) is 0 Å². The van der Waals surface area contributed by atoms with Gasteiger partial charge in [0, 0.05) is 6.07 Å². The van der Waals surface area contributed by atoms with E-state index in [9.17, 15) is 14.3 Å². The van der Waals surface area contributed by atoms with Gasteiger partial charge in [-0.05, 0) is 54.4 Å². The molecular weight excluding hydrogens is 315 g/mol. The summed E-state index contributed by atoms with van der Waals surface area (Å²) in [6.07, 6.45) is 0. The highest BCUT2D eigenvalue weighted by Crippen LogP contribution is 2.20. The van der Waals surface area contributed by atoms with E-state index in [2.05, 4.69) is 5.10 Å². The van der Waals surface area contributed by atoms with Crippen LogP contribution in [0.3, 0.4) is 0 Å². The molecule has 1 aromatic heterocycles. The average molecular weight is 330 g/mol. The van der Waals surface area contributed by atoms with Crippen molar-refractivity contribution in [1.82, 2.24) is 9.78 Å². The SMILES string of the molecule is Cc1ccc(-n2[nH]c(-c3ccc(O)cc3)cc2=O)cc1F.O=CO. The number of carboxylic acid groups (broad SMARTS) is 1. The molecule has 6 nitrogen and oxygen atoms in total. The molecule has 0 bridgehead atoms. The van der Waals surface area contributed by atoms with Gasteiger partial charge in [0.2, 0.25) is 0 Å². The number of phenols is 1. The number of rotatable bonds is 2. The van der Waals surface area contributed by atoms with Crippen molar-refractivity contribution < 1.29 is 19.4 Å². The second-order valence-electron chi connectivity index (χ2n) is 4.93. The Labute approximate surface area is 136 Å². The Hall–Kier alpha value is -3.35. The number of halogens is 1. The molecule has 0 amide bonds. The molecule has 0 radical (unpaired) electrons. The first-order chi connectivity index (χ1) is 11.5. The number of hydrogen-bond acceptors (Lipinski definition) is 3. The topological polar surface area (TPSA) is 95.3 Å². The number of hydrogen-bond donors (Lipinski definition) is 3. The fourth-order valence-electron chi connectivity index (χ4n) is 2.10. The van der Waals surface area contributed by atoms with Crippen molar-refractivity contribution in [3.05, 3.63) is 70.3 Å². The number of benzene rings is 2. The largest absolute Gasteiger partial charge is 0.508 e. The second-order valence-corrected chi connectivity index (χ2v) is 4.93. The summed E-state index contributed by atoms with van der Waals surface area (Å²) in [6, 6.07) is 12.5. The third-order valence-electron chi connectivity index (χ3n) is 3.31. The van der Waals surface area contributed by atoms with Gasteiger partial charge in [0.15, 0.2) is 0 Å². The summed E-state index contributed by atoms with van der Waals surface area (Å²) in [5, 5.41) is 19.1. The van der Waals surface area contributed by atoms with Crippen LogP contribution in [-0.2, 0) is 4.79 Å². The number of nitrogens with one attached hydrogen (secondary N) is 1. The van der Waals surface area contributed by atoms with E-state index in [1.807, 2.05) is 0 Å². The first-order valence-corrected chi connectivity index (χ1v) is 6.92. The maximum absolute atomic E-state index is 13.6. The minimum Gasteiger partial charge on any atom is -0.508 e. The van der Waals surface area contributed by atoms with Crippen LogP contribution in [0, 0.1) is 12.7 Å². The highest BCUT2D eigenvalue weighted by Gasteiger charge is 2.08. The average Bonchev–Trinajstić information content (AvgIpc) is 2.93. The Bertz CT molecular complexity index is 898. The molecule has 0 fully saturated rings. The zero-order valence-corrected chi connectivity index (χ0v) is 12.7. The minimum absolute atomic E-state index is 0.154. The van der Waals surface area contributed by atoms with Gasteiger partial charge in [-0.25, -0.2) is 9.07 Å². The van der Waals surface area contributed by atoms with Gasteiger partial charge >= 0.3 is 0 Å². The molecule has 124 valence electrons. The molecule has 0 aliphatic heterocycles. The number of phenolic OH excluding ortho intramolecular Hbond substituents is 1.